The molecule has 1 aliphatic carbocycles. The van der Waals surface area contributed by atoms with Crippen molar-refractivity contribution >= 4 is 45.3 Å². The first kappa shape index (κ1) is 20.6. The van der Waals surface area contributed by atoms with Crippen molar-refractivity contribution in [2.75, 3.05) is 0 Å². The molecule has 0 saturated heterocycles. The summed E-state index contributed by atoms with van der Waals surface area (Å²) >= 11 is 2.70. The molecule has 9 heteroatoms. The number of urea groups is 1. The number of benzene rings is 1. The van der Waals surface area contributed by atoms with Gasteiger partial charge in [-0.25, -0.2) is 9.78 Å². The van der Waals surface area contributed by atoms with Crippen molar-refractivity contribution in [3.05, 3.63) is 50.6 Å². The number of fused-ring (bicyclic) bond motifs is 3. The molecule has 156 valence electrons. The van der Waals surface area contributed by atoms with Crippen LogP contribution in [0.15, 0.2) is 34.2 Å². The minimum absolute atomic E-state index is 0.117. The Labute approximate surface area is 181 Å². The quantitative estimate of drug-likeness (QED) is 0.476. The number of rotatable bonds is 4. The maximum atomic E-state index is 13.6. The van der Waals surface area contributed by atoms with Gasteiger partial charge in [0.2, 0.25) is 5.91 Å². The zero-order valence-electron chi connectivity index (χ0n) is 16.7. The molecule has 0 fully saturated rings. The van der Waals surface area contributed by atoms with Crippen molar-refractivity contribution in [3.63, 3.8) is 0 Å². The SMILES string of the molecule is Cc1ccc(-n2c(S[C@H](C)C(=O)NC(N)=O)nc3sc4c(c3c2=O)CCCC4)cc1. The number of hydrogen-bond donors (Lipinski definition) is 2. The van der Waals surface area contributed by atoms with Crippen LogP contribution >= 0.6 is 23.1 Å². The lowest BCUT2D eigenvalue weighted by atomic mass is 9.97. The molecule has 3 amide bonds. The van der Waals surface area contributed by atoms with Gasteiger partial charge in [-0.2, -0.15) is 0 Å². The zero-order valence-corrected chi connectivity index (χ0v) is 18.4. The second-order valence-corrected chi connectivity index (χ2v) is 9.77. The Balaban J connectivity index is 1.88. The molecule has 0 saturated carbocycles. The van der Waals surface area contributed by atoms with Crippen LogP contribution in [0.3, 0.4) is 0 Å². The van der Waals surface area contributed by atoms with Gasteiger partial charge in [-0.05, 0) is 57.2 Å². The van der Waals surface area contributed by atoms with Crippen LogP contribution in [0.2, 0.25) is 0 Å². The van der Waals surface area contributed by atoms with Crippen molar-refractivity contribution in [1.29, 1.82) is 0 Å². The van der Waals surface area contributed by atoms with Crippen molar-refractivity contribution in [2.45, 2.75) is 49.9 Å². The largest absolute Gasteiger partial charge is 0.351 e. The van der Waals surface area contributed by atoms with Gasteiger partial charge >= 0.3 is 6.03 Å². The van der Waals surface area contributed by atoms with Gasteiger partial charge < -0.3 is 5.73 Å². The standard InChI is InChI=1S/C21H22N4O3S2/c1-11-7-9-13(10-8-11)25-19(27)16-14-5-3-4-6-15(14)30-18(16)24-21(25)29-12(2)17(26)23-20(22)28/h7-10,12H,3-6H2,1-2H3,(H3,22,23,26,28)/t12-/m1/s1. The number of nitrogens with two attached hydrogens (primary N) is 1. The number of nitrogens with one attached hydrogen (secondary N) is 1. The minimum Gasteiger partial charge on any atom is -0.351 e. The third kappa shape index (κ3) is 3.87. The third-order valence-electron chi connectivity index (χ3n) is 5.15. The van der Waals surface area contributed by atoms with E-state index in [9.17, 15) is 14.4 Å². The van der Waals surface area contributed by atoms with E-state index in [-0.39, 0.29) is 5.56 Å². The van der Waals surface area contributed by atoms with Crippen LogP contribution in [0.4, 0.5) is 4.79 Å². The smallest absolute Gasteiger partial charge is 0.318 e. The van der Waals surface area contributed by atoms with Gasteiger partial charge in [-0.1, -0.05) is 29.5 Å². The fourth-order valence-electron chi connectivity index (χ4n) is 3.62. The van der Waals surface area contributed by atoms with E-state index in [0.717, 1.165) is 48.6 Å². The Bertz CT molecular complexity index is 1200. The summed E-state index contributed by atoms with van der Waals surface area (Å²) in [4.78, 5) is 43.6. The van der Waals surface area contributed by atoms with Gasteiger partial charge in [0, 0.05) is 4.88 Å². The fourth-order valence-corrected chi connectivity index (χ4v) is 5.85. The minimum atomic E-state index is -0.905. The molecule has 0 unspecified atom stereocenters. The van der Waals surface area contributed by atoms with Gasteiger partial charge in [-0.15, -0.1) is 11.3 Å². The molecule has 1 aliphatic rings. The first-order chi connectivity index (χ1) is 14.3. The Morgan fingerprint density at radius 2 is 1.93 bits per heavy atom. The average Bonchev–Trinajstić information content (AvgIpc) is 3.07. The predicted octanol–water partition coefficient (Wildman–Crippen LogP) is 3.31. The maximum absolute atomic E-state index is 13.6. The summed E-state index contributed by atoms with van der Waals surface area (Å²) in [6, 6.07) is 6.72. The molecule has 0 spiro atoms. The monoisotopic (exact) mass is 442 g/mol. The van der Waals surface area contributed by atoms with Crippen LogP contribution in [-0.4, -0.2) is 26.7 Å². The molecule has 3 aromatic rings. The number of amides is 3. The molecular formula is C21H22N4O3S2. The highest BCUT2D eigenvalue weighted by molar-refractivity contribution is 8.00. The second-order valence-electron chi connectivity index (χ2n) is 7.38. The van der Waals surface area contributed by atoms with E-state index in [1.54, 1.807) is 22.8 Å². The lowest BCUT2D eigenvalue weighted by molar-refractivity contribution is -0.119. The van der Waals surface area contributed by atoms with Gasteiger partial charge in [0.1, 0.15) is 4.83 Å². The molecule has 4 rings (SSSR count). The van der Waals surface area contributed by atoms with E-state index in [1.165, 1.54) is 4.88 Å². The summed E-state index contributed by atoms with van der Waals surface area (Å²) in [6.45, 7) is 3.63. The van der Waals surface area contributed by atoms with E-state index >= 15 is 0 Å². The normalized spacial score (nSPS) is 14.3. The fraction of sp³-hybridized carbons (Fsp3) is 0.333. The summed E-state index contributed by atoms with van der Waals surface area (Å²) < 4.78 is 1.57. The summed E-state index contributed by atoms with van der Waals surface area (Å²) in [7, 11) is 0. The van der Waals surface area contributed by atoms with Crippen LogP contribution in [-0.2, 0) is 17.6 Å². The molecular weight excluding hydrogens is 420 g/mol. The number of aryl methyl sites for hydroxylation is 3. The zero-order chi connectivity index (χ0) is 21.4. The van der Waals surface area contributed by atoms with Gasteiger partial charge in [-0.3, -0.25) is 19.5 Å². The predicted molar refractivity (Wildman–Crippen MR) is 120 cm³/mol. The molecule has 2 heterocycles. The van der Waals surface area contributed by atoms with Crippen LogP contribution < -0.4 is 16.6 Å². The number of thiophene rings is 1. The van der Waals surface area contributed by atoms with Crippen LogP contribution in [0.25, 0.3) is 15.9 Å². The topological polar surface area (TPSA) is 107 Å². The molecule has 7 nitrogen and oxygen atoms in total. The molecule has 0 aliphatic heterocycles. The molecule has 2 aromatic heterocycles. The Morgan fingerprint density at radius 1 is 1.23 bits per heavy atom. The maximum Gasteiger partial charge on any atom is 0.318 e. The van der Waals surface area contributed by atoms with E-state index in [1.807, 2.05) is 31.2 Å². The first-order valence-corrected chi connectivity index (χ1v) is 11.5. The Hall–Kier alpha value is -2.65. The van der Waals surface area contributed by atoms with Crippen LogP contribution in [0.5, 0.6) is 0 Å². The highest BCUT2D eigenvalue weighted by Gasteiger charge is 2.25. The number of nitrogens with zero attached hydrogens (tertiary/aromatic N) is 2. The first-order valence-electron chi connectivity index (χ1n) is 9.76. The van der Waals surface area contributed by atoms with Crippen molar-refractivity contribution in [1.82, 2.24) is 14.9 Å². The van der Waals surface area contributed by atoms with Crippen LogP contribution in [0, 0.1) is 6.92 Å². The van der Waals surface area contributed by atoms with E-state index in [0.29, 0.717) is 21.1 Å². The molecule has 30 heavy (non-hydrogen) atoms. The number of thioether (sulfide) groups is 1. The Morgan fingerprint density at radius 3 is 2.63 bits per heavy atom. The van der Waals surface area contributed by atoms with E-state index < -0.39 is 17.2 Å². The molecule has 0 bridgehead atoms. The highest BCUT2D eigenvalue weighted by atomic mass is 32.2. The van der Waals surface area contributed by atoms with Gasteiger partial charge in [0.15, 0.2) is 5.16 Å². The van der Waals surface area contributed by atoms with Crippen molar-refractivity contribution in [2.24, 2.45) is 5.73 Å². The molecule has 1 atom stereocenters. The number of aromatic nitrogens is 2. The van der Waals surface area contributed by atoms with Gasteiger partial charge in [0.05, 0.1) is 16.3 Å². The number of hydrogen-bond acceptors (Lipinski definition) is 6. The molecule has 0 radical (unpaired) electrons. The summed E-state index contributed by atoms with van der Waals surface area (Å²) in [5.41, 5.74) is 7.84. The van der Waals surface area contributed by atoms with Crippen molar-refractivity contribution < 1.29 is 9.59 Å². The molecule has 3 N–H and O–H groups in total. The Kier molecular flexibility index (Phi) is 5.66. The van der Waals surface area contributed by atoms with Gasteiger partial charge in [0.25, 0.3) is 5.56 Å². The summed E-state index contributed by atoms with van der Waals surface area (Å²) in [5.74, 6) is -0.525. The number of primary amides is 1. The number of carbonyl (C=O) groups excluding carboxylic acids is 2. The second kappa shape index (κ2) is 8.23. The average molecular weight is 443 g/mol. The summed E-state index contributed by atoms with van der Waals surface area (Å²) in [6.07, 6.45) is 4.06. The lowest BCUT2D eigenvalue weighted by Gasteiger charge is -2.16. The van der Waals surface area contributed by atoms with Crippen LogP contribution in [0.1, 0.15) is 35.8 Å². The third-order valence-corrected chi connectivity index (χ3v) is 7.39. The number of carbonyl (C=O) groups is 2. The number of imide groups is 1. The summed E-state index contributed by atoms with van der Waals surface area (Å²) in [5, 5.41) is 2.54. The van der Waals surface area contributed by atoms with Crippen molar-refractivity contribution in [3.8, 4) is 5.69 Å². The van der Waals surface area contributed by atoms with E-state index in [4.69, 9.17) is 10.7 Å². The molecule has 1 aromatic carbocycles. The highest BCUT2D eigenvalue weighted by Crippen LogP contribution is 2.35. The van der Waals surface area contributed by atoms with E-state index in [2.05, 4.69) is 5.32 Å². The lowest BCUT2D eigenvalue weighted by Crippen LogP contribution is -2.39.